The predicted octanol–water partition coefficient (Wildman–Crippen LogP) is 4.40. The fourth-order valence-electron chi connectivity index (χ4n) is 2.29. The first kappa shape index (κ1) is 14.0. The van der Waals surface area contributed by atoms with E-state index in [1.54, 1.807) is 6.07 Å². The third kappa shape index (κ3) is 2.96. The van der Waals surface area contributed by atoms with Crippen molar-refractivity contribution in [3.63, 3.8) is 0 Å². The second kappa shape index (κ2) is 5.72. The number of hydrogen-bond acceptors (Lipinski definition) is 1. The fourth-order valence-corrected chi connectivity index (χ4v) is 2.51. The number of aryl methyl sites for hydroxylation is 2. The Kier molecular flexibility index (Phi) is 4.23. The molecular weight excluding hydrogens is 261 g/mol. The van der Waals surface area contributed by atoms with Gasteiger partial charge in [0.1, 0.15) is 5.82 Å². The van der Waals surface area contributed by atoms with Gasteiger partial charge in [-0.05, 0) is 55.8 Å². The smallest absolute Gasteiger partial charge is 0.123 e. The average molecular weight is 278 g/mol. The number of benzene rings is 2. The molecule has 0 heterocycles. The van der Waals surface area contributed by atoms with Gasteiger partial charge < -0.3 is 5.32 Å². The SMILES string of the molecule is CNC(c1cc(C)ccc1C)c1cc(F)ccc1Cl. The summed E-state index contributed by atoms with van der Waals surface area (Å²) in [5.41, 5.74) is 4.21. The first-order valence-electron chi connectivity index (χ1n) is 6.22. The van der Waals surface area contributed by atoms with Crippen molar-refractivity contribution in [2.45, 2.75) is 19.9 Å². The van der Waals surface area contributed by atoms with Gasteiger partial charge in [0.25, 0.3) is 0 Å². The van der Waals surface area contributed by atoms with Crippen LogP contribution in [0.15, 0.2) is 36.4 Å². The standard InChI is InChI=1S/C16H17ClFN/c1-10-4-5-11(2)13(8-10)16(19-3)14-9-12(18)6-7-15(14)17/h4-9,16,19H,1-3H3. The van der Waals surface area contributed by atoms with Crippen LogP contribution in [0.4, 0.5) is 4.39 Å². The van der Waals surface area contributed by atoms with Crippen LogP contribution in [-0.2, 0) is 0 Å². The van der Waals surface area contributed by atoms with E-state index in [-0.39, 0.29) is 11.9 Å². The minimum atomic E-state index is -0.273. The van der Waals surface area contributed by atoms with E-state index in [2.05, 4.69) is 23.5 Å². The summed E-state index contributed by atoms with van der Waals surface area (Å²) >= 11 is 6.21. The largest absolute Gasteiger partial charge is 0.309 e. The van der Waals surface area contributed by atoms with Crippen molar-refractivity contribution in [1.82, 2.24) is 5.32 Å². The number of rotatable bonds is 3. The number of nitrogens with one attached hydrogen (secondary N) is 1. The molecule has 0 radical (unpaired) electrons. The lowest BCUT2D eigenvalue weighted by Crippen LogP contribution is -2.19. The van der Waals surface area contributed by atoms with Crippen LogP contribution in [0.25, 0.3) is 0 Å². The van der Waals surface area contributed by atoms with Gasteiger partial charge in [-0.1, -0.05) is 35.4 Å². The highest BCUT2D eigenvalue weighted by Gasteiger charge is 2.17. The monoisotopic (exact) mass is 277 g/mol. The van der Waals surface area contributed by atoms with Crippen molar-refractivity contribution < 1.29 is 4.39 Å². The summed E-state index contributed by atoms with van der Waals surface area (Å²) in [6.07, 6.45) is 0. The van der Waals surface area contributed by atoms with Crippen molar-refractivity contribution in [3.05, 3.63) is 69.5 Å². The third-order valence-corrected chi connectivity index (χ3v) is 3.65. The van der Waals surface area contributed by atoms with Crippen LogP contribution >= 0.6 is 11.6 Å². The Bertz CT molecular complexity index is 544. The molecule has 100 valence electrons. The van der Waals surface area contributed by atoms with Crippen molar-refractivity contribution in [2.24, 2.45) is 0 Å². The second-order valence-corrected chi connectivity index (χ2v) is 5.15. The molecule has 0 aliphatic rings. The molecule has 1 atom stereocenters. The van der Waals surface area contributed by atoms with E-state index in [4.69, 9.17) is 11.6 Å². The summed E-state index contributed by atoms with van der Waals surface area (Å²) in [5, 5.41) is 3.79. The van der Waals surface area contributed by atoms with E-state index >= 15 is 0 Å². The number of hydrogen-bond donors (Lipinski definition) is 1. The molecular formula is C16H17ClFN. The summed E-state index contributed by atoms with van der Waals surface area (Å²) in [5.74, 6) is -0.273. The van der Waals surface area contributed by atoms with Crippen molar-refractivity contribution in [3.8, 4) is 0 Å². The maximum Gasteiger partial charge on any atom is 0.123 e. The Morgan fingerprint density at radius 2 is 1.79 bits per heavy atom. The van der Waals surface area contributed by atoms with E-state index in [1.807, 2.05) is 20.9 Å². The highest BCUT2D eigenvalue weighted by molar-refractivity contribution is 6.31. The molecule has 3 heteroatoms. The molecule has 0 aliphatic heterocycles. The quantitative estimate of drug-likeness (QED) is 0.876. The Morgan fingerprint density at radius 1 is 1.05 bits per heavy atom. The maximum atomic E-state index is 13.5. The van der Waals surface area contributed by atoms with Crippen LogP contribution in [0.1, 0.15) is 28.3 Å². The Balaban J connectivity index is 2.55. The molecule has 1 nitrogen and oxygen atoms in total. The lowest BCUT2D eigenvalue weighted by molar-refractivity contribution is 0.616. The van der Waals surface area contributed by atoms with Gasteiger partial charge in [0, 0.05) is 5.02 Å². The zero-order valence-corrected chi connectivity index (χ0v) is 12.1. The molecule has 1 unspecified atom stereocenters. The van der Waals surface area contributed by atoms with Gasteiger partial charge in [-0.25, -0.2) is 4.39 Å². The first-order chi connectivity index (χ1) is 9.02. The van der Waals surface area contributed by atoms with Gasteiger partial charge in [-0.3, -0.25) is 0 Å². The van der Waals surface area contributed by atoms with Crippen LogP contribution < -0.4 is 5.32 Å². The molecule has 0 saturated heterocycles. The van der Waals surface area contributed by atoms with Crippen LogP contribution in [0, 0.1) is 19.7 Å². The minimum absolute atomic E-state index is 0.108. The number of halogens is 2. The summed E-state index contributed by atoms with van der Waals surface area (Å²) in [6, 6.07) is 10.6. The van der Waals surface area contributed by atoms with E-state index in [0.29, 0.717) is 5.02 Å². The lowest BCUT2D eigenvalue weighted by atomic mass is 9.93. The van der Waals surface area contributed by atoms with Gasteiger partial charge in [-0.2, -0.15) is 0 Å². The molecule has 0 aromatic heterocycles. The van der Waals surface area contributed by atoms with Crippen LogP contribution in [-0.4, -0.2) is 7.05 Å². The van der Waals surface area contributed by atoms with Gasteiger partial charge in [0.2, 0.25) is 0 Å². The normalized spacial score (nSPS) is 12.5. The Morgan fingerprint density at radius 3 is 2.47 bits per heavy atom. The molecule has 2 aromatic carbocycles. The van der Waals surface area contributed by atoms with E-state index in [0.717, 1.165) is 16.7 Å². The zero-order valence-electron chi connectivity index (χ0n) is 11.3. The minimum Gasteiger partial charge on any atom is -0.309 e. The molecule has 0 saturated carbocycles. The van der Waals surface area contributed by atoms with E-state index < -0.39 is 0 Å². The Hall–Kier alpha value is -1.38. The van der Waals surface area contributed by atoms with Gasteiger partial charge in [0.15, 0.2) is 0 Å². The zero-order chi connectivity index (χ0) is 14.0. The first-order valence-corrected chi connectivity index (χ1v) is 6.60. The molecule has 2 aromatic rings. The van der Waals surface area contributed by atoms with Gasteiger partial charge >= 0.3 is 0 Å². The summed E-state index contributed by atoms with van der Waals surface area (Å²) < 4.78 is 13.5. The van der Waals surface area contributed by atoms with Crippen LogP contribution in [0.2, 0.25) is 5.02 Å². The maximum absolute atomic E-state index is 13.5. The molecule has 0 fully saturated rings. The van der Waals surface area contributed by atoms with E-state index in [1.165, 1.54) is 17.7 Å². The van der Waals surface area contributed by atoms with E-state index in [9.17, 15) is 4.39 Å². The molecule has 1 N–H and O–H groups in total. The van der Waals surface area contributed by atoms with Crippen LogP contribution in [0.5, 0.6) is 0 Å². The average Bonchev–Trinajstić information content (AvgIpc) is 2.38. The fraction of sp³-hybridized carbons (Fsp3) is 0.250. The molecule has 0 aliphatic carbocycles. The molecule has 0 bridgehead atoms. The highest BCUT2D eigenvalue weighted by Crippen LogP contribution is 2.30. The third-order valence-electron chi connectivity index (χ3n) is 3.30. The highest BCUT2D eigenvalue weighted by atomic mass is 35.5. The summed E-state index contributed by atoms with van der Waals surface area (Å²) in [6.45, 7) is 4.09. The van der Waals surface area contributed by atoms with Crippen molar-refractivity contribution in [2.75, 3.05) is 7.05 Å². The van der Waals surface area contributed by atoms with Crippen molar-refractivity contribution >= 4 is 11.6 Å². The molecule has 0 amide bonds. The lowest BCUT2D eigenvalue weighted by Gasteiger charge is -2.21. The molecule has 19 heavy (non-hydrogen) atoms. The Labute approximate surface area is 118 Å². The summed E-state index contributed by atoms with van der Waals surface area (Å²) in [4.78, 5) is 0. The predicted molar refractivity (Wildman–Crippen MR) is 78.2 cm³/mol. The second-order valence-electron chi connectivity index (χ2n) is 4.75. The van der Waals surface area contributed by atoms with Gasteiger partial charge in [-0.15, -0.1) is 0 Å². The van der Waals surface area contributed by atoms with Crippen molar-refractivity contribution in [1.29, 1.82) is 0 Å². The molecule has 0 spiro atoms. The molecule has 2 rings (SSSR count). The topological polar surface area (TPSA) is 12.0 Å². The van der Waals surface area contributed by atoms with Gasteiger partial charge in [0.05, 0.1) is 6.04 Å². The van der Waals surface area contributed by atoms with Crippen LogP contribution in [0.3, 0.4) is 0 Å². The summed E-state index contributed by atoms with van der Waals surface area (Å²) in [7, 11) is 1.85.